The lowest BCUT2D eigenvalue weighted by molar-refractivity contribution is -0.274. The lowest BCUT2D eigenvalue weighted by Gasteiger charge is -2.30. The van der Waals surface area contributed by atoms with E-state index in [2.05, 4.69) is 10.1 Å². The molecule has 3 N–H and O–H groups in total. The van der Waals surface area contributed by atoms with Crippen molar-refractivity contribution in [3.05, 3.63) is 59.2 Å². The van der Waals surface area contributed by atoms with E-state index in [1.165, 1.54) is 19.9 Å². The molecular weight excluding hydrogens is 462 g/mol. The zero-order valence-corrected chi connectivity index (χ0v) is 17.5. The maximum Gasteiger partial charge on any atom is 0.573 e. The molecule has 0 aromatic heterocycles. The van der Waals surface area contributed by atoms with Gasteiger partial charge in [-0.1, -0.05) is 23.8 Å². The van der Waals surface area contributed by atoms with Gasteiger partial charge in [0.25, 0.3) is 5.91 Å². The van der Waals surface area contributed by atoms with Crippen LogP contribution in [0.3, 0.4) is 0 Å². The van der Waals surface area contributed by atoms with E-state index in [1.807, 2.05) is 0 Å². The standard InChI is InChI=1S/C20H18F6N2O3S/c1-11-3-8-15(14(9-11)19(21,22)23)30-10-18(2,17(27)32)28-16(29)12-4-6-13(7-5-12)31-20(24,25)26/h3-9H,10H2,1-2H3,(H2,27,32)(H,28,29). The average Bonchev–Trinajstić information content (AvgIpc) is 2.65. The van der Waals surface area contributed by atoms with Gasteiger partial charge in [-0.3, -0.25) is 4.79 Å². The third-order valence-corrected chi connectivity index (χ3v) is 4.69. The lowest BCUT2D eigenvalue weighted by atomic mass is 10.0. The molecule has 1 amide bonds. The van der Waals surface area contributed by atoms with Crippen molar-refractivity contribution in [3.8, 4) is 11.5 Å². The number of alkyl halides is 6. The number of amides is 1. The Hall–Kier alpha value is -3.02. The number of aryl methyl sites for hydroxylation is 1. The number of nitrogens with two attached hydrogens (primary N) is 1. The normalized spacial score (nSPS) is 13.8. The largest absolute Gasteiger partial charge is 0.573 e. The molecule has 5 nitrogen and oxygen atoms in total. The molecule has 0 saturated carbocycles. The second-order valence-electron chi connectivity index (χ2n) is 7.01. The highest BCUT2D eigenvalue weighted by Crippen LogP contribution is 2.37. The van der Waals surface area contributed by atoms with Crippen LogP contribution in [0.15, 0.2) is 42.5 Å². The van der Waals surface area contributed by atoms with Gasteiger partial charge in [0.1, 0.15) is 28.6 Å². The number of nitrogens with one attached hydrogen (secondary N) is 1. The molecule has 0 spiro atoms. The quantitative estimate of drug-likeness (QED) is 0.442. The monoisotopic (exact) mass is 480 g/mol. The van der Waals surface area contributed by atoms with Gasteiger partial charge in [0, 0.05) is 5.56 Å². The van der Waals surface area contributed by atoms with E-state index in [0.717, 1.165) is 36.4 Å². The first-order valence-electron chi connectivity index (χ1n) is 8.89. The number of ether oxygens (including phenoxy) is 2. The van der Waals surface area contributed by atoms with E-state index >= 15 is 0 Å². The minimum absolute atomic E-state index is 0.0617. The van der Waals surface area contributed by atoms with Crippen LogP contribution in [0, 0.1) is 6.92 Å². The van der Waals surface area contributed by atoms with Crippen molar-refractivity contribution in [1.82, 2.24) is 5.32 Å². The Balaban J connectivity index is 2.18. The number of hydrogen-bond donors (Lipinski definition) is 2. The Morgan fingerprint density at radius 1 is 1.06 bits per heavy atom. The molecule has 0 radical (unpaired) electrons. The predicted molar refractivity (Wildman–Crippen MR) is 107 cm³/mol. The smallest absolute Gasteiger partial charge is 0.490 e. The second kappa shape index (κ2) is 9.23. The molecule has 1 atom stereocenters. The van der Waals surface area contributed by atoms with Crippen molar-refractivity contribution in [1.29, 1.82) is 0 Å². The third-order valence-electron chi connectivity index (χ3n) is 4.24. The molecule has 12 heteroatoms. The summed E-state index contributed by atoms with van der Waals surface area (Å²) in [7, 11) is 0. The van der Waals surface area contributed by atoms with Gasteiger partial charge in [0.2, 0.25) is 0 Å². The molecule has 0 fully saturated rings. The molecule has 0 saturated heterocycles. The summed E-state index contributed by atoms with van der Waals surface area (Å²) in [6.45, 7) is 2.30. The average molecular weight is 480 g/mol. The Morgan fingerprint density at radius 2 is 1.66 bits per heavy atom. The van der Waals surface area contributed by atoms with Crippen LogP contribution in [-0.4, -0.2) is 29.4 Å². The molecule has 0 bridgehead atoms. The van der Waals surface area contributed by atoms with Crippen LogP contribution in [0.1, 0.15) is 28.4 Å². The van der Waals surface area contributed by atoms with Gasteiger partial charge < -0.3 is 20.5 Å². The van der Waals surface area contributed by atoms with Gasteiger partial charge in [-0.05, 0) is 50.2 Å². The fraction of sp³-hybridized carbons (Fsp3) is 0.300. The minimum atomic E-state index is -4.89. The number of thiocarbonyl (C=S) groups is 1. The topological polar surface area (TPSA) is 73.6 Å². The highest BCUT2D eigenvalue weighted by molar-refractivity contribution is 7.80. The molecular formula is C20H18F6N2O3S. The highest BCUT2D eigenvalue weighted by atomic mass is 32.1. The van der Waals surface area contributed by atoms with Crippen LogP contribution in [0.2, 0.25) is 0 Å². The maximum atomic E-state index is 13.3. The third kappa shape index (κ3) is 6.74. The van der Waals surface area contributed by atoms with Gasteiger partial charge in [0.05, 0.1) is 5.56 Å². The SMILES string of the molecule is Cc1ccc(OCC(C)(NC(=O)c2ccc(OC(F)(F)F)cc2)C(N)=S)c(C(F)(F)F)c1. The van der Waals surface area contributed by atoms with Gasteiger partial charge in [-0.15, -0.1) is 13.2 Å². The summed E-state index contributed by atoms with van der Waals surface area (Å²) in [4.78, 5) is 12.2. The van der Waals surface area contributed by atoms with E-state index in [9.17, 15) is 31.1 Å². The molecule has 1 unspecified atom stereocenters. The van der Waals surface area contributed by atoms with Crippen molar-refractivity contribution in [2.24, 2.45) is 5.73 Å². The molecule has 2 rings (SSSR count). The molecule has 2 aromatic carbocycles. The van der Waals surface area contributed by atoms with Crippen LogP contribution in [-0.2, 0) is 6.18 Å². The summed E-state index contributed by atoms with van der Waals surface area (Å²) in [6.07, 6.45) is -9.57. The number of rotatable bonds is 7. The number of halogens is 6. The molecule has 0 aliphatic rings. The second-order valence-corrected chi connectivity index (χ2v) is 7.45. The zero-order valence-electron chi connectivity index (χ0n) is 16.7. The summed E-state index contributed by atoms with van der Waals surface area (Å²) in [5.41, 5.74) is 3.41. The van der Waals surface area contributed by atoms with Gasteiger partial charge in [-0.25, -0.2) is 0 Å². The van der Waals surface area contributed by atoms with E-state index < -0.39 is 47.7 Å². The Morgan fingerprint density at radius 3 is 2.16 bits per heavy atom. The van der Waals surface area contributed by atoms with Crippen LogP contribution < -0.4 is 20.5 Å². The van der Waals surface area contributed by atoms with Gasteiger partial charge in [0.15, 0.2) is 0 Å². The van der Waals surface area contributed by atoms with E-state index in [1.54, 1.807) is 0 Å². The van der Waals surface area contributed by atoms with Crippen molar-refractivity contribution in [2.45, 2.75) is 31.9 Å². The van der Waals surface area contributed by atoms with E-state index in [-0.39, 0.29) is 10.6 Å². The van der Waals surface area contributed by atoms with Crippen LogP contribution in [0.5, 0.6) is 11.5 Å². The van der Waals surface area contributed by atoms with Crippen molar-refractivity contribution >= 4 is 23.1 Å². The molecule has 32 heavy (non-hydrogen) atoms. The summed E-state index contributed by atoms with van der Waals surface area (Å²) in [5, 5.41) is 2.44. The summed E-state index contributed by atoms with van der Waals surface area (Å²) in [6, 6.07) is 7.47. The summed E-state index contributed by atoms with van der Waals surface area (Å²) < 4.78 is 85.7. The molecule has 174 valence electrons. The first-order valence-corrected chi connectivity index (χ1v) is 9.30. The van der Waals surface area contributed by atoms with Crippen LogP contribution in [0.4, 0.5) is 26.3 Å². The first kappa shape index (κ1) is 25.2. The van der Waals surface area contributed by atoms with Crippen molar-refractivity contribution < 1.29 is 40.6 Å². The fourth-order valence-corrected chi connectivity index (χ4v) is 2.62. The molecule has 2 aromatic rings. The predicted octanol–water partition coefficient (Wildman–Crippen LogP) is 4.77. The highest BCUT2D eigenvalue weighted by Gasteiger charge is 2.37. The van der Waals surface area contributed by atoms with Crippen LogP contribution in [0.25, 0.3) is 0 Å². The van der Waals surface area contributed by atoms with Gasteiger partial charge >= 0.3 is 12.5 Å². The van der Waals surface area contributed by atoms with E-state index in [4.69, 9.17) is 22.7 Å². The number of hydrogen-bond acceptors (Lipinski definition) is 4. The summed E-state index contributed by atoms with van der Waals surface area (Å²) >= 11 is 4.94. The molecule has 0 aliphatic heterocycles. The number of carbonyl (C=O) groups is 1. The molecule has 0 aliphatic carbocycles. The summed E-state index contributed by atoms with van der Waals surface area (Å²) in [5.74, 6) is -1.80. The number of benzene rings is 2. The Labute approximate surface area is 184 Å². The number of carbonyl (C=O) groups excluding carboxylic acids is 1. The lowest BCUT2D eigenvalue weighted by Crippen LogP contribution is -2.58. The Bertz CT molecular complexity index is 992. The Kier molecular flexibility index (Phi) is 7.28. The van der Waals surface area contributed by atoms with E-state index in [0.29, 0.717) is 5.56 Å². The van der Waals surface area contributed by atoms with Gasteiger partial charge in [-0.2, -0.15) is 13.2 Å². The maximum absolute atomic E-state index is 13.3. The zero-order chi connectivity index (χ0) is 24.3. The molecule has 0 heterocycles. The van der Waals surface area contributed by atoms with Crippen molar-refractivity contribution in [2.75, 3.05) is 6.61 Å². The fourth-order valence-electron chi connectivity index (χ4n) is 2.51. The minimum Gasteiger partial charge on any atom is -0.490 e. The van der Waals surface area contributed by atoms with Crippen molar-refractivity contribution in [3.63, 3.8) is 0 Å². The van der Waals surface area contributed by atoms with Crippen LogP contribution >= 0.6 is 12.2 Å². The first-order chi connectivity index (χ1) is 14.6.